The third kappa shape index (κ3) is 5.69. The highest BCUT2D eigenvalue weighted by Gasteiger charge is 2.26. The number of aryl methyl sites for hydroxylation is 3. The zero-order chi connectivity index (χ0) is 26.7. The molecule has 0 unspecified atom stereocenters. The van der Waals surface area contributed by atoms with Crippen LogP contribution in [0.25, 0.3) is 10.9 Å². The van der Waals surface area contributed by atoms with E-state index in [2.05, 4.69) is 5.10 Å². The Balaban J connectivity index is 1.70. The summed E-state index contributed by atoms with van der Waals surface area (Å²) in [5, 5.41) is 4.68. The first-order valence-electron chi connectivity index (χ1n) is 12.0. The maximum Gasteiger partial charge on any atom is 0.268 e. The van der Waals surface area contributed by atoms with Gasteiger partial charge in [-0.2, -0.15) is 0 Å². The normalized spacial score (nSPS) is 11.7. The molecule has 0 spiro atoms. The average Bonchev–Trinajstić information content (AvgIpc) is 3.37. The van der Waals surface area contributed by atoms with E-state index in [0.717, 1.165) is 11.1 Å². The number of ketones is 1. The van der Waals surface area contributed by atoms with Crippen LogP contribution in [0.2, 0.25) is 0 Å². The van der Waals surface area contributed by atoms with Crippen LogP contribution < -0.4 is 9.47 Å². The lowest BCUT2D eigenvalue weighted by Crippen LogP contribution is -2.15. The van der Waals surface area contributed by atoms with Crippen molar-refractivity contribution < 1.29 is 27.1 Å². The van der Waals surface area contributed by atoms with Gasteiger partial charge in [0.15, 0.2) is 11.6 Å². The quantitative estimate of drug-likeness (QED) is 0.262. The predicted molar refractivity (Wildman–Crippen MR) is 138 cm³/mol. The Morgan fingerprint density at radius 1 is 1.05 bits per heavy atom. The van der Waals surface area contributed by atoms with Crippen molar-refractivity contribution in [1.82, 2.24) is 13.8 Å². The third-order valence-corrected chi connectivity index (χ3v) is 7.95. The van der Waals surface area contributed by atoms with E-state index in [9.17, 15) is 13.2 Å². The largest absolute Gasteiger partial charge is 0.487 e. The number of halogens is 1. The first-order chi connectivity index (χ1) is 17.6. The summed E-state index contributed by atoms with van der Waals surface area (Å²) in [5.41, 5.74) is 2.37. The molecule has 0 aliphatic rings. The fraction of sp³-hybridized carbons (Fsp3) is 0.333. The second kappa shape index (κ2) is 10.8. The van der Waals surface area contributed by atoms with Crippen LogP contribution in [0.3, 0.4) is 0 Å². The number of benzene rings is 2. The highest BCUT2D eigenvalue weighted by atomic mass is 32.2. The second-order valence-electron chi connectivity index (χ2n) is 9.03. The van der Waals surface area contributed by atoms with Crippen LogP contribution in [-0.4, -0.2) is 41.2 Å². The molecular weight excluding hydrogens is 497 g/mol. The number of nitrogens with zero attached hydrogens (tertiary/aromatic N) is 3. The van der Waals surface area contributed by atoms with Crippen LogP contribution >= 0.6 is 0 Å². The van der Waals surface area contributed by atoms with Crippen molar-refractivity contribution in [2.75, 3.05) is 13.2 Å². The zero-order valence-corrected chi connectivity index (χ0v) is 22.1. The van der Waals surface area contributed by atoms with Crippen molar-refractivity contribution in [3.05, 3.63) is 71.3 Å². The Bertz CT molecular complexity index is 1540. The Labute approximate surface area is 215 Å². The summed E-state index contributed by atoms with van der Waals surface area (Å²) in [7, 11) is -2.23. The number of carbonyl (C=O) groups excluding carboxylic acids is 1. The summed E-state index contributed by atoms with van der Waals surface area (Å²) in [4.78, 5) is 11.6. The van der Waals surface area contributed by atoms with Gasteiger partial charge in [0.25, 0.3) is 10.0 Å². The average molecular weight is 528 g/mol. The Hall–Kier alpha value is -3.66. The smallest absolute Gasteiger partial charge is 0.268 e. The Kier molecular flexibility index (Phi) is 7.68. The van der Waals surface area contributed by atoms with E-state index in [-0.39, 0.29) is 35.2 Å². The summed E-state index contributed by atoms with van der Waals surface area (Å²) >= 11 is 0. The molecular formula is C27H30FN3O5S. The zero-order valence-electron chi connectivity index (χ0n) is 21.3. The molecule has 0 amide bonds. The number of aromatic nitrogens is 3. The van der Waals surface area contributed by atoms with Gasteiger partial charge in [0.2, 0.25) is 5.88 Å². The molecule has 2 aromatic heterocycles. The number of carbonyl (C=O) groups is 1. The minimum atomic E-state index is -4.00. The first-order valence-corrected chi connectivity index (χ1v) is 13.4. The summed E-state index contributed by atoms with van der Waals surface area (Å²) in [6, 6.07) is 11.0. The SMILES string of the molecule is CC(=O)CCCc1c(C)n(S(=O)(=O)c2ccc(C)cc2)c2cc(F)c(OCCOc3ccn(C)n3)cc12. The molecule has 8 nitrogen and oxygen atoms in total. The molecule has 0 saturated carbocycles. The van der Waals surface area contributed by atoms with Gasteiger partial charge >= 0.3 is 0 Å². The molecule has 0 saturated heterocycles. The fourth-order valence-corrected chi connectivity index (χ4v) is 5.86. The van der Waals surface area contributed by atoms with Crippen LogP contribution in [-0.2, 0) is 28.3 Å². The highest BCUT2D eigenvalue weighted by Crippen LogP contribution is 2.35. The van der Waals surface area contributed by atoms with Crippen LogP contribution in [0.1, 0.15) is 36.6 Å². The molecule has 196 valence electrons. The molecule has 2 aromatic carbocycles. The molecule has 4 rings (SSSR count). The molecule has 0 aliphatic carbocycles. The highest BCUT2D eigenvalue weighted by molar-refractivity contribution is 7.90. The van der Waals surface area contributed by atoms with Crippen LogP contribution in [0.4, 0.5) is 4.39 Å². The molecule has 0 atom stereocenters. The van der Waals surface area contributed by atoms with Gasteiger partial charge in [0.05, 0.1) is 10.4 Å². The number of hydrogen-bond acceptors (Lipinski definition) is 6. The minimum Gasteiger partial charge on any atom is -0.487 e. The van der Waals surface area contributed by atoms with Gasteiger partial charge < -0.3 is 14.3 Å². The molecule has 0 N–H and O–H groups in total. The maximum absolute atomic E-state index is 15.2. The van der Waals surface area contributed by atoms with Gasteiger partial charge in [-0.3, -0.25) is 4.68 Å². The van der Waals surface area contributed by atoms with E-state index in [1.165, 1.54) is 23.0 Å². The standard InChI is InChI=1S/C27H30FN3O5S/c1-18-8-10-21(11-9-18)37(33,34)31-20(3)22(7-5-6-19(2)32)23-16-26(24(28)17-25(23)31)35-14-15-36-27-12-13-30(4)29-27/h8-13,16-17H,5-7,14-15H2,1-4H3. The topological polar surface area (TPSA) is 92.4 Å². The molecule has 0 fully saturated rings. The lowest BCUT2D eigenvalue weighted by molar-refractivity contribution is -0.117. The van der Waals surface area contributed by atoms with E-state index in [1.807, 2.05) is 6.92 Å². The van der Waals surface area contributed by atoms with Gasteiger partial charge in [-0.25, -0.2) is 16.8 Å². The molecule has 2 heterocycles. The second-order valence-corrected chi connectivity index (χ2v) is 10.8. The number of hydrogen-bond donors (Lipinski definition) is 0. The fourth-order valence-electron chi connectivity index (χ4n) is 4.29. The lowest BCUT2D eigenvalue weighted by atomic mass is 10.0. The molecule has 0 bridgehead atoms. The van der Waals surface area contributed by atoms with E-state index in [1.54, 1.807) is 55.2 Å². The van der Waals surface area contributed by atoms with Crippen molar-refractivity contribution in [2.45, 2.75) is 44.9 Å². The number of ether oxygens (including phenoxy) is 2. The monoisotopic (exact) mass is 527 g/mol. The summed E-state index contributed by atoms with van der Waals surface area (Å²) in [5.74, 6) is -0.200. The van der Waals surface area contributed by atoms with Gasteiger partial charge in [-0.1, -0.05) is 17.7 Å². The number of fused-ring (bicyclic) bond motifs is 1. The first kappa shape index (κ1) is 26.4. The predicted octanol–water partition coefficient (Wildman–Crippen LogP) is 4.74. The summed E-state index contributed by atoms with van der Waals surface area (Å²) < 4.78 is 56.4. The van der Waals surface area contributed by atoms with Crippen molar-refractivity contribution in [3.63, 3.8) is 0 Å². The molecule has 0 radical (unpaired) electrons. The van der Waals surface area contributed by atoms with Crippen molar-refractivity contribution in [1.29, 1.82) is 0 Å². The lowest BCUT2D eigenvalue weighted by Gasteiger charge is -2.12. The summed E-state index contributed by atoms with van der Waals surface area (Å²) in [6.07, 6.45) is 3.12. The molecule has 0 aliphatic heterocycles. The van der Waals surface area contributed by atoms with E-state index < -0.39 is 15.8 Å². The van der Waals surface area contributed by atoms with E-state index in [4.69, 9.17) is 9.47 Å². The van der Waals surface area contributed by atoms with Crippen molar-refractivity contribution in [2.24, 2.45) is 7.05 Å². The van der Waals surface area contributed by atoms with Crippen LogP contribution in [0.5, 0.6) is 11.6 Å². The van der Waals surface area contributed by atoms with Crippen LogP contribution in [0, 0.1) is 19.7 Å². The van der Waals surface area contributed by atoms with Crippen molar-refractivity contribution >= 4 is 26.7 Å². The van der Waals surface area contributed by atoms with Gasteiger partial charge in [0.1, 0.15) is 19.0 Å². The number of rotatable bonds is 11. The van der Waals surface area contributed by atoms with E-state index in [0.29, 0.717) is 36.2 Å². The third-order valence-electron chi connectivity index (χ3n) is 6.13. The van der Waals surface area contributed by atoms with E-state index >= 15 is 4.39 Å². The molecule has 37 heavy (non-hydrogen) atoms. The number of Topliss-reactive ketones (excluding diaryl/α,β-unsaturated/α-hetero) is 1. The molecule has 4 aromatic rings. The van der Waals surface area contributed by atoms with Gasteiger partial charge in [-0.05, 0) is 57.4 Å². The van der Waals surface area contributed by atoms with Crippen molar-refractivity contribution in [3.8, 4) is 11.6 Å². The van der Waals surface area contributed by atoms with Gasteiger partial charge in [0, 0.05) is 42.9 Å². The van der Waals surface area contributed by atoms with Crippen LogP contribution in [0.15, 0.2) is 53.6 Å². The molecule has 10 heteroatoms. The Morgan fingerprint density at radius 3 is 2.41 bits per heavy atom. The Morgan fingerprint density at radius 2 is 1.76 bits per heavy atom. The summed E-state index contributed by atoms with van der Waals surface area (Å²) in [6.45, 7) is 5.32. The minimum absolute atomic E-state index is 0.00479. The maximum atomic E-state index is 15.2. The van der Waals surface area contributed by atoms with Gasteiger partial charge in [-0.15, -0.1) is 5.10 Å².